The largest absolute Gasteiger partial charge is 0.483 e. The summed E-state index contributed by atoms with van der Waals surface area (Å²) in [6, 6.07) is 10.4. The summed E-state index contributed by atoms with van der Waals surface area (Å²) in [5.74, 6) is 0.0387. The second-order valence-corrected chi connectivity index (χ2v) is 5.09. The van der Waals surface area contributed by atoms with Crippen LogP contribution < -0.4 is 15.4 Å². The molecule has 3 amide bonds. The Morgan fingerprint density at radius 3 is 2.59 bits per heavy atom. The zero-order valence-electron chi connectivity index (χ0n) is 12.2. The van der Waals surface area contributed by atoms with Crippen LogP contribution in [-0.2, 0) is 4.79 Å². The van der Waals surface area contributed by atoms with Crippen LogP contribution in [-0.4, -0.2) is 25.1 Å². The maximum Gasteiger partial charge on any atom is 0.321 e. The molecular formula is C16H17ClN2O3. The number of halogens is 1. The molecule has 0 bridgehead atoms. The Hall–Kier alpha value is -2.27. The molecule has 0 fully saturated rings. The number of urea groups is 1. The van der Waals surface area contributed by atoms with Gasteiger partial charge in [-0.25, -0.2) is 4.79 Å². The van der Waals surface area contributed by atoms with Crippen molar-refractivity contribution in [3.63, 3.8) is 0 Å². The van der Waals surface area contributed by atoms with E-state index in [1.165, 1.54) is 0 Å². The van der Waals surface area contributed by atoms with Crippen molar-refractivity contribution in [3.05, 3.63) is 41.4 Å². The SMILES string of the molecule is CCCNC(=O)NC(=O)COc1ccc(Cl)c2ccccc12. The Morgan fingerprint density at radius 1 is 1.14 bits per heavy atom. The molecule has 2 aromatic carbocycles. The van der Waals surface area contributed by atoms with Gasteiger partial charge < -0.3 is 10.1 Å². The van der Waals surface area contributed by atoms with Gasteiger partial charge in [0.1, 0.15) is 5.75 Å². The zero-order chi connectivity index (χ0) is 15.9. The summed E-state index contributed by atoms with van der Waals surface area (Å²) in [5.41, 5.74) is 0. The molecule has 0 radical (unpaired) electrons. The van der Waals surface area contributed by atoms with Gasteiger partial charge in [-0.15, -0.1) is 0 Å². The molecule has 0 heterocycles. The number of rotatable bonds is 5. The van der Waals surface area contributed by atoms with E-state index in [0.29, 0.717) is 17.3 Å². The number of fused-ring (bicyclic) bond motifs is 1. The monoisotopic (exact) mass is 320 g/mol. The topological polar surface area (TPSA) is 67.4 Å². The highest BCUT2D eigenvalue weighted by molar-refractivity contribution is 6.35. The lowest BCUT2D eigenvalue weighted by atomic mass is 10.1. The molecule has 0 aromatic heterocycles. The molecule has 0 aliphatic rings. The smallest absolute Gasteiger partial charge is 0.321 e. The fraction of sp³-hybridized carbons (Fsp3) is 0.250. The van der Waals surface area contributed by atoms with E-state index in [1.54, 1.807) is 12.1 Å². The van der Waals surface area contributed by atoms with E-state index in [9.17, 15) is 9.59 Å². The second kappa shape index (κ2) is 7.66. The molecule has 22 heavy (non-hydrogen) atoms. The summed E-state index contributed by atoms with van der Waals surface area (Å²) in [4.78, 5) is 23.0. The Labute approximate surface area is 133 Å². The van der Waals surface area contributed by atoms with Gasteiger partial charge in [0.05, 0.1) is 0 Å². The molecule has 116 valence electrons. The van der Waals surface area contributed by atoms with Crippen molar-refractivity contribution in [1.29, 1.82) is 0 Å². The minimum absolute atomic E-state index is 0.245. The predicted octanol–water partition coefficient (Wildman–Crippen LogP) is 3.11. The minimum Gasteiger partial charge on any atom is -0.483 e. The molecular weight excluding hydrogens is 304 g/mol. The fourth-order valence-electron chi connectivity index (χ4n) is 1.95. The van der Waals surface area contributed by atoms with Crippen LogP contribution in [0.1, 0.15) is 13.3 Å². The summed E-state index contributed by atoms with van der Waals surface area (Å²) in [6.45, 7) is 2.20. The molecule has 6 heteroatoms. The van der Waals surface area contributed by atoms with Gasteiger partial charge in [0.15, 0.2) is 6.61 Å². The number of carbonyl (C=O) groups is 2. The van der Waals surface area contributed by atoms with Crippen LogP contribution in [0.2, 0.25) is 5.02 Å². The molecule has 0 aliphatic heterocycles. The molecule has 0 spiro atoms. The van der Waals surface area contributed by atoms with Crippen molar-refractivity contribution in [2.24, 2.45) is 0 Å². The fourth-order valence-corrected chi connectivity index (χ4v) is 2.18. The average Bonchev–Trinajstić information content (AvgIpc) is 2.52. The van der Waals surface area contributed by atoms with E-state index in [1.807, 2.05) is 31.2 Å². The Balaban J connectivity index is 1.99. The number of ether oxygens (including phenoxy) is 1. The van der Waals surface area contributed by atoms with E-state index < -0.39 is 11.9 Å². The Morgan fingerprint density at radius 2 is 1.86 bits per heavy atom. The van der Waals surface area contributed by atoms with Crippen molar-refractivity contribution in [2.75, 3.05) is 13.2 Å². The summed E-state index contributed by atoms with van der Waals surface area (Å²) < 4.78 is 5.49. The number of nitrogens with one attached hydrogen (secondary N) is 2. The summed E-state index contributed by atoms with van der Waals surface area (Å²) in [5, 5.41) is 7.04. The highest BCUT2D eigenvalue weighted by Gasteiger charge is 2.10. The van der Waals surface area contributed by atoms with Crippen LogP contribution in [0.25, 0.3) is 10.8 Å². The molecule has 2 rings (SSSR count). The van der Waals surface area contributed by atoms with Crippen LogP contribution in [0.5, 0.6) is 5.75 Å². The number of imide groups is 1. The second-order valence-electron chi connectivity index (χ2n) is 4.68. The molecule has 0 unspecified atom stereocenters. The molecule has 0 saturated carbocycles. The molecule has 0 saturated heterocycles. The standard InChI is InChI=1S/C16H17ClN2O3/c1-2-9-18-16(21)19-15(20)10-22-14-8-7-13(17)11-5-3-4-6-12(11)14/h3-8H,2,9-10H2,1H3,(H2,18,19,20,21). The van der Waals surface area contributed by atoms with E-state index in [-0.39, 0.29) is 6.61 Å². The Kier molecular flexibility index (Phi) is 5.61. The van der Waals surface area contributed by atoms with E-state index in [0.717, 1.165) is 17.2 Å². The van der Waals surface area contributed by atoms with E-state index in [4.69, 9.17) is 16.3 Å². The van der Waals surface area contributed by atoms with E-state index >= 15 is 0 Å². The van der Waals surface area contributed by atoms with Crippen LogP contribution in [0, 0.1) is 0 Å². The van der Waals surface area contributed by atoms with Crippen LogP contribution in [0.4, 0.5) is 4.79 Å². The van der Waals surface area contributed by atoms with Gasteiger partial charge in [-0.3, -0.25) is 10.1 Å². The molecule has 0 aliphatic carbocycles. The van der Waals surface area contributed by atoms with Crippen LogP contribution in [0.3, 0.4) is 0 Å². The van der Waals surface area contributed by atoms with Crippen molar-refractivity contribution < 1.29 is 14.3 Å². The van der Waals surface area contributed by atoms with Crippen molar-refractivity contribution >= 4 is 34.3 Å². The lowest BCUT2D eigenvalue weighted by molar-refractivity contribution is -0.121. The highest BCUT2D eigenvalue weighted by Crippen LogP contribution is 2.31. The van der Waals surface area contributed by atoms with Gasteiger partial charge in [0.2, 0.25) is 0 Å². The van der Waals surface area contributed by atoms with E-state index in [2.05, 4.69) is 10.6 Å². The number of carbonyl (C=O) groups excluding carboxylic acids is 2. The van der Waals surface area contributed by atoms with Crippen LogP contribution in [0.15, 0.2) is 36.4 Å². The third kappa shape index (κ3) is 4.11. The first-order chi connectivity index (χ1) is 10.6. The number of hydrogen-bond donors (Lipinski definition) is 2. The first kappa shape index (κ1) is 16.1. The van der Waals surface area contributed by atoms with Crippen LogP contribution >= 0.6 is 11.6 Å². The first-order valence-electron chi connectivity index (χ1n) is 6.99. The predicted molar refractivity (Wildman–Crippen MR) is 86.3 cm³/mol. The Bertz CT molecular complexity index is 688. The average molecular weight is 321 g/mol. The summed E-state index contributed by atoms with van der Waals surface area (Å²) in [6.07, 6.45) is 0.800. The zero-order valence-corrected chi connectivity index (χ0v) is 12.9. The lowest BCUT2D eigenvalue weighted by Gasteiger charge is -2.10. The van der Waals surface area contributed by atoms with Crippen molar-refractivity contribution in [1.82, 2.24) is 10.6 Å². The number of benzene rings is 2. The maximum absolute atomic E-state index is 11.7. The normalized spacial score (nSPS) is 10.3. The number of amides is 3. The number of hydrogen-bond acceptors (Lipinski definition) is 3. The first-order valence-corrected chi connectivity index (χ1v) is 7.37. The van der Waals surface area contributed by atoms with Crippen molar-refractivity contribution in [3.8, 4) is 5.75 Å². The van der Waals surface area contributed by atoms with Gasteiger partial charge in [0.25, 0.3) is 5.91 Å². The lowest BCUT2D eigenvalue weighted by Crippen LogP contribution is -2.41. The molecule has 0 atom stereocenters. The summed E-state index contributed by atoms with van der Waals surface area (Å²) >= 11 is 6.12. The van der Waals surface area contributed by atoms with Gasteiger partial charge in [-0.05, 0) is 18.6 Å². The maximum atomic E-state index is 11.7. The summed E-state index contributed by atoms with van der Waals surface area (Å²) in [7, 11) is 0. The van der Waals surface area contributed by atoms with Crippen molar-refractivity contribution in [2.45, 2.75) is 13.3 Å². The quantitative estimate of drug-likeness (QED) is 0.889. The van der Waals surface area contributed by atoms with Gasteiger partial charge in [-0.1, -0.05) is 42.8 Å². The molecule has 2 N–H and O–H groups in total. The highest BCUT2D eigenvalue weighted by atomic mass is 35.5. The molecule has 5 nitrogen and oxygen atoms in total. The molecule has 2 aromatic rings. The van der Waals surface area contributed by atoms with Gasteiger partial charge in [0, 0.05) is 22.3 Å². The third-order valence-corrected chi connectivity index (χ3v) is 3.31. The van der Waals surface area contributed by atoms with Gasteiger partial charge in [-0.2, -0.15) is 0 Å². The third-order valence-electron chi connectivity index (χ3n) is 2.98. The minimum atomic E-state index is -0.517. The van der Waals surface area contributed by atoms with Gasteiger partial charge >= 0.3 is 6.03 Å².